The van der Waals surface area contributed by atoms with Crippen molar-refractivity contribution >= 4 is 11.6 Å². The van der Waals surface area contributed by atoms with E-state index in [1.807, 2.05) is 24.0 Å². The second-order valence-electron chi connectivity index (χ2n) is 5.21. The maximum Gasteiger partial charge on any atom is 0.254 e. The second-order valence-corrected chi connectivity index (χ2v) is 5.21. The number of hydrogen-bond donors (Lipinski definition) is 1. The number of likely N-dealkylation sites (N-methyl/N-ethyl adjacent to an activating group) is 1. The van der Waals surface area contributed by atoms with E-state index in [2.05, 4.69) is 18.9 Å². The van der Waals surface area contributed by atoms with Gasteiger partial charge in [-0.15, -0.1) is 0 Å². The number of benzene rings is 1. The van der Waals surface area contributed by atoms with Crippen LogP contribution < -0.4 is 5.73 Å². The van der Waals surface area contributed by atoms with E-state index in [-0.39, 0.29) is 5.91 Å². The van der Waals surface area contributed by atoms with Gasteiger partial charge in [-0.3, -0.25) is 4.79 Å². The normalized spacial score (nSPS) is 21.1. The lowest BCUT2D eigenvalue weighted by atomic mass is 10.1. The molecule has 1 amide bonds. The Morgan fingerprint density at radius 1 is 1.33 bits per heavy atom. The van der Waals surface area contributed by atoms with Crippen molar-refractivity contribution in [1.29, 1.82) is 0 Å². The van der Waals surface area contributed by atoms with E-state index in [0.29, 0.717) is 17.3 Å². The van der Waals surface area contributed by atoms with Crippen LogP contribution in [-0.2, 0) is 0 Å². The molecule has 0 radical (unpaired) electrons. The van der Waals surface area contributed by atoms with Crippen molar-refractivity contribution in [2.45, 2.75) is 19.9 Å². The van der Waals surface area contributed by atoms with Crippen molar-refractivity contribution in [3.8, 4) is 0 Å². The van der Waals surface area contributed by atoms with Crippen LogP contribution in [0.1, 0.15) is 22.8 Å². The van der Waals surface area contributed by atoms with E-state index >= 15 is 0 Å². The molecule has 1 unspecified atom stereocenters. The minimum absolute atomic E-state index is 0.0883. The maximum absolute atomic E-state index is 12.4. The van der Waals surface area contributed by atoms with E-state index in [1.165, 1.54) is 0 Å². The molecule has 18 heavy (non-hydrogen) atoms. The molecule has 2 rings (SSSR count). The molecule has 1 fully saturated rings. The predicted molar refractivity (Wildman–Crippen MR) is 73.6 cm³/mol. The summed E-state index contributed by atoms with van der Waals surface area (Å²) in [4.78, 5) is 16.6. The first-order valence-electron chi connectivity index (χ1n) is 6.34. The number of anilines is 1. The van der Waals surface area contributed by atoms with Gasteiger partial charge in [-0.25, -0.2) is 0 Å². The van der Waals surface area contributed by atoms with Crippen LogP contribution >= 0.6 is 0 Å². The third-order valence-corrected chi connectivity index (χ3v) is 3.59. The first kappa shape index (κ1) is 12.9. The van der Waals surface area contributed by atoms with E-state index in [4.69, 9.17) is 5.73 Å². The quantitative estimate of drug-likeness (QED) is 0.762. The summed E-state index contributed by atoms with van der Waals surface area (Å²) in [5.74, 6) is 0.0883. The Labute approximate surface area is 108 Å². The molecular weight excluding hydrogens is 226 g/mol. The lowest BCUT2D eigenvalue weighted by Crippen LogP contribution is -2.52. The molecule has 1 atom stereocenters. The van der Waals surface area contributed by atoms with Crippen molar-refractivity contribution in [2.75, 3.05) is 32.4 Å². The van der Waals surface area contributed by atoms with Crippen molar-refractivity contribution in [3.05, 3.63) is 29.3 Å². The molecule has 1 aromatic rings. The number of hydrogen-bond acceptors (Lipinski definition) is 3. The van der Waals surface area contributed by atoms with Gasteiger partial charge in [-0.1, -0.05) is 0 Å². The highest BCUT2D eigenvalue weighted by Gasteiger charge is 2.25. The monoisotopic (exact) mass is 247 g/mol. The van der Waals surface area contributed by atoms with E-state index in [0.717, 1.165) is 25.2 Å². The molecule has 1 aliphatic heterocycles. The molecule has 1 heterocycles. The largest absolute Gasteiger partial charge is 0.399 e. The fourth-order valence-corrected chi connectivity index (χ4v) is 2.35. The van der Waals surface area contributed by atoms with Crippen LogP contribution in [-0.4, -0.2) is 48.4 Å². The molecule has 0 aromatic heterocycles. The standard InChI is InChI=1S/C14H21N3O/c1-10-6-12(8-13(15)7-10)14(18)17-5-4-16(3)11(2)9-17/h6-8,11H,4-5,9,15H2,1-3H3. The van der Waals surface area contributed by atoms with Crippen LogP contribution in [0.2, 0.25) is 0 Å². The van der Waals surface area contributed by atoms with Gasteiger partial charge in [0, 0.05) is 36.9 Å². The minimum Gasteiger partial charge on any atom is -0.399 e. The number of aryl methyl sites for hydroxylation is 1. The van der Waals surface area contributed by atoms with Gasteiger partial charge < -0.3 is 15.5 Å². The van der Waals surface area contributed by atoms with E-state index < -0.39 is 0 Å². The lowest BCUT2D eigenvalue weighted by Gasteiger charge is -2.37. The summed E-state index contributed by atoms with van der Waals surface area (Å²) < 4.78 is 0. The lowest BCUT2D eigenvalue weighted by molar-refractivity contribution is 0.0572. The van der Waals surface area contributed by atoms with Crippen molar-refractivity contribution in [1.82, 2.24) is 9.80 Å². The maximum atomic E-state index is 12.4. The summed E-state index contributed by atoms with van der Waals surface area (Å²) in [6.07, 6.45) is 0. The number of nitrogens with zero attached hydrogens (tertiary/aromatic N) is 2. The molecular formula is C14H21N3O. The highest BCUT2D eigenvalue weighted by atomic mass is 16.2. The van der Waals surface area contributed by atoms with Crippen molar-refractivity contribution in [3.63, 3.8) is 0 Å². The van der Waals surface area contributed by atoms with Gasteiger partial charge in [0.05, 0.1) is 0 Å². The first-order valence-corrected chi connectivity index (χ1v) is 6.34. The van der Waals surface area contributed by atoms with Crippen LogP contribution in [0.15, 0.2) is 18.2 Å². The molecule has 4 nitrogen and oxygen atoms in total. The zero-order chi connectivity index (χ0) is 13.3. The molecule has 0 bridgehead atoms. The molecule has 2 N–H and O–H groups in total. The minimum atomic E-state index is 0.0883. The van der Waals surface area contributed by atoms with E-state index in [9.17, 15) is 4.79 Å². The van der Waals surface area contributed by atoms with Crippen LogP contribution in [0, 0.1) is 6.92 Å². The SMILES string of the molecule is Cc1cc(N)cc(C(=O)N2CCN(C)C(C)C2)c1. The molecule has 0 saturated carbocycles. The molecule has 4 heteroatoms. The number of carbonyl (C=O) groups is 1. The summed E-state index contributed by atoms with van der Waals surface area (Å²) in [7, 11) is 2.09. The molecule has 0 spiro atoms. The predicted octanol–water partition coefficient (Wildman–Crippen LogP) is 1.35. The smallest absolute Gasteiger partial charge is 0.254 e. The fraction of sp³-hybridized carbons (Fsp3) is 0.500. The van der Waals surface area contributed by atoms with Crippen LogP contribution in [0.4, 0.5) is 5.69 Å². The zero-order valence-corrected chi connectivity index (χ0v) is 11.3. The third kappa shape index (κ3) is 2.64. The Hall–Kier alpha value is -1.55. The Balaban J connectivity index is 2.16. The summed E-state index contributed by atoms with van der Waals surface area (Å²) in [5, 5.41) is 0. The molecule has 1 saturated heterocycles. The first-order chi connectivity index (χ1) is 8.47. The number of amides is 1. The highest BCUT2D eigenvalue weighted by molar-refractivity contribution is 5.95. The third-order valence-electron chi connectivity index (χ3n) is 3.59. The summed E-state index contributed by atoms with van der Waals surface area (Å²) in [5.41, 5.74) is 8.18. The fourth-order valence-electron chi connectivity index (χ4n) is 2.35. The Morgan fingerprint density at radius 3 is 2.67 bits per heavy atom. The van der Waals surface area contributed by atoms with Gasteiger partial charge in [0.25, 0.3) is 5.91 Å². The van der Waals surface area contributed by atoms with Gasteiger partial charge in [0.15, 0.2) is 0 Å². The zero-order valence-electron chi connectivity index (χ0n) is 11.3. The number of nitrogen functional groups attached to an aromatic ring is 1. The number of piperazine rings is 1. The molecule has 0 aliphatic carbocycles. The van der Waals surface area contributed by atoms with Crippen molar-refractivity contribution in [2.24, 2.45) is 0 Å². The van der Waals surface area contributed by atoms with Crippen LogP contribution in [0.5, 0.6) is 0 Å². The Morgan fingerprint density at radius 2 is 2.06 bits per heavy atom. The van der Waals surface area contributed by atoms with Gasteiger partial charge in [-0.05, 0) is 44.7 Å². The molecule has 1 aliphatic rings. The van der Waals surface area contributed by atoms with Gasteiger partial charge >= 0.3 is 0 Å². The van der Waals surface area contributed by atoms with Crippen LogP contribution in [0.3, 0.4) is 0 Å². The van der Waals surface area contributed by atoms with Gasteiger partial charge in [-0.2, -0.15) is 0 Å². The second kappa shape index (κ2) is 4.98. The summed E-state index contributed by atoms with van der Waals surface area (Å²) >= 11 is 0. The Bertz CT molecular complexity index is 438. The average molecular weight is 247 g/mol. The highest BCUT2D eigenvalue weighted by Crippen LogP contribution is 2.16. The number of nitrogens with two attached hydrogens (primary N) is 1. The average Bonchev–Trinajstić information content (AvgIpc) is 2.30. The summed E-state index contributed by atoms with van der Waals surface area (Å²) in [6, 6.07) is 5.95. The number of carbonyl (C=O) groups excluding carboxylic acids is 1. The molecule has 1 aromatic carbocycles. The van der Waals surface area contributed by atoms with Gasteiger partial charge in [0.1, 0.15) is 0 Å². The van der Waals surface area contributed by atoms with Crippen molar-refractivity contribution < 1.29 is 4.79 Å². The van der Waals surface area contributed by atoms with E-state index in [1.54, 1.807) is 6.07 Å². The molecule has 98 valence electrons. The Kier molecular flexibility index (Phi) is 3.57. The van der Waals surface area contributed by atoms with Gasteiger partial charge in [0.2, 0.25) is 0 Å². The number of rotatable bonds is 1. The summed E-state index contributed by atoms with van der Waals surface area (Å²) in [6.45, 7) is 6.59. The topological polar surface area (TPSA) is 49.6 Å². The van der Waals surface area contributed by atoms with Crippen LogP contribution in [0.25, 0.3) is 0 Å².